The zero-order valence-corrected chi connectivity index (χ0v) is 37.2. The molecule has 0 amide bonds. The van der Waals surface area contributed by atoms with Crippen molar-refractivity contribution in [1.29, 1.82) is 0 Å². The third-order valence-electron chi connectivity index (χ3n) is 11.8. The molecule has 1 rings (SSSR count). The molecular formula is C51H97NO2. The smallest absolute Gasteiger partial charge is 0.145 e. The van der Waals surface area contributed by atoms with E-state index in [0.717, 1.165) is 48.8 Å². The quantitative estimate of drug-likeness (QED) is 0.0533. The minimum atomic E-state index is 0.729. The van der Waals surface area contributed by atoms with Gasteiger partial charge in [0.15, 0.2) is 0 Å². The molecule has 0 aliphatic carbocycles. The molecule has 0 atom stereocenters. The Morgan fingerprint density at radius 1 is 0.315 bits per heavy atom. The van der Waals surface area contributed by atoms with Crippen LogP contribution in [0.25, 0.3) is 0 Å². The van der Waals surface area contributed by atoms with E-state index in [9.17, 15) is 0 Å². The molecule has 0 aliphatic heterocycles. The van der Waals surface area contributed by atoms with E-state index in [2.05, 4.69) is 20.8 Å². The van der Waals surface area contributed by atoms with Crippen molar-refractivity contribution in [3.05, 3.63) is 17.7 Å². The molecule has 54 heavy (non-hydrogen) atoms. The van der Waals surface area contributed by atoms with Crippen LogP contribution in [0.2, 0.25) is 0 Å². The maximum Gasteiger partial charge on any atom is 0.145 e. The summed E-state index contributed by atoms with van der Waals surface area (Å²) >= 11 is 0. The summed E-state index contributed by atoms with van der Waals surface area (Å²) in [6.07, 6.45) is 56.3. The number of rotatable bonds is 44. The van der Waals surface area contributed by atoms with Gasteiger partial charge in [0.1, 0.15) is 11.5 Å². The Labute approximate surface area is 339 Å². The summed E-state index contributed by atoms with van der Waals surface area (Å²) in [5, 5.41) is 0. The second-order valence-electron chi connectivity index (χ2n) is 17.3. The molecule has 0 aromatic heterocycles. The van der Waals surface area contributed by atoms with E-state index in [-0.39, 0.29) is 0 Å². The summed E-state index contributed by atoms with van der Waals surface area (Å²) in [6, 6.07) is 4.04. The largest absolute Gasteiger partial charge is 0.493 e. The monoisotopic (exact) mass is 756 g/mol. The Hall–Kier alpha value is -1.38. The van der Waals surface area contributed by atoms with Crippen LogP contribution in [0, 0.1) is 6.92 Å². The van der Waals surface area contributed by atoms with Crippen molar-refractivity contribution in [2.24, 2.45) is 0 Å². The van der Waals surface area contributed by atoms with Crippen LogP contribution in [0.4, 0.5) is 5.69 Å². The van der Waals surface area contributed by atoms with E-state index in [4.69, 9.17) is 15.2 Å². The van der Waals surface area contributed by atoms with Gasteiger partial charge in [0.25, 0.3) is 0 Å². The first-order valence-electron chi connectivity index (χ1n) is 24.8. The van der Waals surface area contributed by atoms with Gasteiger partial charge in [-0.3, -0.25) is 0 Å². The van der Waals surface area contributed by atoms with Crippen LogP contribution in [0.15, 0.2) is 12.1 Å². The molecule has 3 nitrogen and oxygen atoms in total. The highest BCUT2D eigenvalue weighted by molar-refractivity contribution is 5.58. The maximum atomic E-state index is 6.31. The molecule has 0 saturated heterocycles. The summed E-state index contributed by atoms with van der Waals surface area (Å²) in [5.41, 5.74) is 8.14. The van der Waals surface area contributed by atoms with Gasteiger partial charge in [-0.25, -0.2) is 0 Å². The van der Waals surface area contributed by atoms with E-state index in [1.807, 2.05) is 12.1 Å². The number of ether oxygens (including phenoxy) is 2. The van der Waals surface area contributed by atoms with Crippen LogP contribution in [0.5, 0.6) is 11.5 Å². The molecule has 2 N–H and O–H groups in total. The molecule has 0 heterocycles. The molecule has 0 fully saturated rings. The number of hydrogen-bond acceptors (Lipinski definition) is 3. The minimum absolute atomic E-state index is 0.729. The Kier molecular flexibility index (Phi) is 38.7. The normalized spacial score (nSPS) is 11.5. The second-order valence-corrected chi connectivity index (χ2v) is 17.3. The lowest BCUT2D eigenvalue weighted by Gasteiger charge is -2.14. The van der Waals surface area contributed by atoms with Crippen molar-refractivity contribution >= 4 is 5.69 Å². The van der Waals surface area contributed by atoms with Crippen LogP contribution in [0.3, 0.4) is 0 Å². The molecular weight excluding hydrogens is 659 g/mol. The fourth-order valence-corrected chi connectivity index (χ4v) is 8.05. The predicted octanol–water partition coefficient (Wildman–Crippen LogP) is 18.0. The van der Waals surface area contributed by atoms with Crippen LogP contribution in [-0.2, 0) is 0 Å². The molecule has 0 aliphatic rings. The minimum Gasteiger partial charge on any atom is -0.493 e. The fraction of sp³-hybridized carbons (Fsp3) is 0.882. The maximum absolute atomic E-state index is 6.31. The summed E-state index contributed by atoms with van der Waals surface area (Å²) in [6.45, 7) is 8.22. The zero-order chi connectivity index (χ0) is 38.8. The second kappa shape index (κ2) is 41.3. The lowest BCUT2D eigenvalue weighted by atomic mass is 10.0. The van der Waals surface area contributed by atoms with Crippen molar-refractivity contribution in [3.63, 3.8) is 0 Å². The highest BCUT2D eigenvalue weighted by Crippen LogP contribution is 2.31. The molecule has 318 valence electrons. The van der Waals surface area contributed by atoms with Gasteiger partial charge in [-0.15, -0.1) is 0 Å². The van der Waals surface area contributed by atoms with Gasteiger partial charge in [0.2, 0.25) is 0 Å². The molecule has 1 aromatic rings. The molecule has 0 bridgehead atoms. The molecule has 3 heteroatoms. The highest BCUT2D eigenvalue weighted by Gasteiger charge is 2.08. The van der Waals surface area contributed by atoms with Gasteiger partial charge >= 0.3 is 0 Å². The van der Waals surface area contributed by atoms with Crippen molar-refractivity contribution in [2.75, 3.05) is 18.9 Å². The average molecular weight is 756 g/mol. The van der Waals surface area contributed by atoms with E-state index in [1.165, 1.54) is 244 Å². The van der Waals surface area contributed by atoms with Gasteiger partial charge in [0.05, 0.1) is 18.9 Å². The molecule has 1 aromatic carbocycles. The highest BCUT2D eigenvalue weighted by atomic mass is 16.5. The van der Waals surface area contributed by atoms with Gasteiger partial charge < -0.3 is 15.2 Å². The van der Waals surface area contributed by atoms with E-state index in [0.29, 0.717) is 0 Å². The van der Waals surface area contributed by atoms with E-state index >= 15 is 0 Å². The summed E-state index contributed by atoms with van der Waals surface area (Å²) in [4.78, 5) is 0. The molecule has 0 radical (unpaired) electrons. The Bertz CT molecular complexity index is 817. The van der Waals surface area contributed by atoms with Gasteiger partial charge in [-0.05, 0) is 31.4 Å². The number of aryl methyl sites for hydroxylation is 1. The number of hydrogen-bond donors (Lipinski definition) is 1. The van der Waals surface area contributed by atoms with Gasteiger partial charge in [0, 0.05) is 6.07 Å². The fourth-order valence-electron chi connectivity index (χ4n) is 8.05. The number of unbranched alkanes of at least 4 members (excludes halogenated alkanes) is 38. The molecule has 0 saturated carbocycles. The summed E-state index contributed by atoms with van der Waals surface area (Å²) < 4.78 is 12.3. The topological polar surface area (TPSA) is 44.5 Å². The van der Waals surface area contributed by atoms with E-state index in [1.54, 1.807) is 0 Å². The first-order valence-corrected chi connectivity index (χ1v) is 24.8. The van der Waals surface area contributed by atoms with Crippen LogP contribution in [-0.4, -0.2) is 13.2 Å². The number of nitrogen functional groups attached to an aromatic ring is 1. The lowest BCUT2D eigenvalue weighted by Crippen LogP contribution is -2.04. The standard InChI is InChI=1S/C51H97NO2/c1-4-6-8-10-12-14-16-18-20-22-24-26-28-30-32-34-36-38-40-42-44-53-50-47-51(49(52)46-48(50)3)54-45-43-41-39-37-35-33-31-29-27-25-23-21-19-17-15-13-11-9-7-5-2/h46-47H,4-45,52H2,1-3H3. The van der Waals surface area contributed by atoms with Gasteiger partial charge in [-0.1, -0.05) is 258 Å². The van der Waals surface area contributed by atoms with Crippen LogP contribution in [0.1, 0.15) is 276 Å². The van der Waals surface area contributed by atoms with E-state index < -0.39 is 0 Å². The third-order valence-corrected chi connectivity index (χ3v) is 11.8. The van der Waals surface area contributed by atoms with Crippen LogP contribution < -0.4 is 15.2 Å². The predicted molar refractivity (Wildman–Crippen MR) is 243 cm³/mol. The first kappa shape index (κ1) is 50.6. The van der Waals surface area contributed by atoms with Crippen LogP contribution >= 0.6 is 0 Å². The van der Waals surface area contributed by atoms with Crippen molar-refractivity contribution in [3.8, 4) is 11.5 Å². The van der Waals surface area contributed by atoms with Crippen molar-refractivity contribution in [2.45, 2.75) is 278 Å². The number of anilines is 1. The summed E-state index contributed by atoms with van der Waals surface area (Å²) in [5.74, 6) is 1.72. The summed E-state index contributed by atoms with van der Waals surface area (Å²) in [7, 11) is 0. The van der Waals surface area contributed by atoms with Crippen molar-refractivity contribution < 1.29 is 9.47 Å². The lowest BCUT2D eigenvalue weighted by molar-refractivity contribution is 0.289. The first-order chi connectivity index (χ1) is 26.7. The molecule has 0 spiro atoms. The Balaban J connectivity index is 1.89. The Morgan fingerprint density at radius 3 is 0.796 bits per heavy atom. The SMILES string of the molecule is CCCCCCCCCCCCCCCCCCCCCCOc1cc(OCCCCCCCCCCCCCCCCCCCCCC)c(N)cc1C. The molecule has 0 unspecified atom stereocenters. The van der Waals surface area contributed by atoms with Gasteiger partial charge in [-0.2, -0.15) is 0 Å². The Morgan fingerprint density at radius 2 is 0.537 bits per heavy atom. The number of benzene rings is 1. The average Bonchev–Trinajstić information content (AvgIpc) is 3.17. The third kappa shape index (κ3) is 33.9. The van der Waals surface area contributed by atoms with Crippen molar-refractivity contribution in [1.82, 2.24) is 0 Å². The number of nitrogens with two attached hydrogens (primary N) is 1. The zero-order valence-electron chi connectivity index (χ0n) is 37.2.